The molecule has 2 N–H and O–H groups in total. The molecule has 0 saturated heterocycles. The van der Waals surface area contributed by atoms with Crippen molar-refractivity contribution in [3.05, 3.63) is 24.0 Å². The van der Waals surface area contributed by atoms with Gasteiger partial charge in [-0.1, -0.05) is 19.3 Å². The quantitative estimate of drug-likeness (QED) is 0.758. The first-order chi connectivity index (χ1) is 10.3. The molecule has 1 amide bonds. The molecule has 0 radical (unpaired) electrons. The summed E-state index contributed by atoms with van der Waals surface area (Å²) in [4.78, 5) is 16.2. The molecule has 1 saturated carbocycles. The lowest BCUT2D eigenvalue weighted by Crippen LogP contribution is -2.30. The number of pyridine rings is 1. The van der Waals surface area contributed by atoms with Gasteiger partial charge in [0.05, 0.1) is 24.0 Å². The van der Waals surface area contributed by atoms with E-state index in [2.05, 4.69) is 15.6 Å². The third-order valence-corrected chi connectivity index (χ3v) is 3.73. The molecule has 116 valence electrons. The number of ether oxygens (including phenoxy) is 1. The summed E-state index contributed by atoms with van der Waals surface area (Å²) in [5.41, 5.74) is 1.40. The summed E-state index contributed by atoms with van der Waals surface area (Å²) in [6, 6.07) is 1.82. The monoisotopic (exact) mass is 291 g/mol. The van der Waals surface area contributed by atoms with Gasteiger partial charge in [-0.2, -0.15) is 0 Å². The van der Waals surface area contributed by atoms with Gasteiger partial charge in [0.25, 0.3) is 5.91 Å². The summed E-state index contributed by atoms with van der Waals surface area (Å²) in [6.45, 7) is 3.89. The second-order valence-corrected chi connectivity index (χ2v) is 5.34. The van der Waals surface area contributed by atoms with Crippen LogP contribution in [0.3, 0.4) is 0 Å². The summed E-state index contributed by atoms with van der Waals surface area (Å²) >= 11 is 0. The highest BCUT2D eigenvalue weighted by molar-refractivity contribution is 5.99. The minimum Gasteiger partial charge on any atom is -0.385 e. The fourth-order valence-corrected chi connectivity index (χ4v) is 2.64. The van der Waals surface area contributed by atoms with Gasteiger partial charge < -0.3 is 15.4 Å². The van der Waals surface area contributed by atoms with Gasteiger partial charge in [-0.15, -0.1) is 0 Å². The predicted octanol–water partition coefficient (Wildman–Crippen LogP) is 2.59. The maximum atomic E-state index is 12.1. The Bertz CT molecular complexity index is 445. The van der Waals surface area contributed by atoms with Crippen LogP contribution in [0.2, 0.25) is 0 Å². The van der Waals surface area contributed by atoms with E-state index >= 15 is 0 Å². The maximum Gasteiger partial charge on any atom is 0.255 e. The number of hydrogen-bond acceptors (Lipinski definition) is 4. The van der Waals surface area contributed by atoms with E-state index in [0.29, 0.717) is 24.8 Å². The van der Waals surface area contributed by atoms with Crippen LogP contribution in [0.1, 0.15) is 49.4 Å². The lowest BCUT2D eigenvalue weighted by atomic mass is 9.98. The van der Waals surface area contributed by atoms with E-state index in [1.807, 2.05) is 13.0 Å². The molecule has 0 atom stereocenters. The van der Waals surface area contributed by atoms with Crippen LogP contribution in [0.4, 0.5) is 5.69 Å². The standard InChI is InChI=1S/C16H25N3O2/c1-2-18-15-8-9-17-12-14(15)16(20)19-10-11-21-13-6-4-3-5-7-13/h8-9,12-13H,2-7,10-11H2,1H3,(H,17,18)(H,19,20). The Kier molecular flexibility index (Phi) is 6.47. The van der Waals surface area contributed by atoms with Gasteiger partial charge in [0, 0.05) is 25.5 Å². The first-order valence-corrected chi connectivity index (χ1v) is 7.89. The van der Waals surface area contributed by atoms with Crippen molar-refractivity contribution in [2.24, 2.45) is 0 Å². The average molecular weight is 291 g/mol. The SMILES string of the molecule is CCNc1ccncc1C(=O)NCCOC1CCCCC1. The summed E-state index contributed by atoms with van der Waals surface area (Å²) in [7, 11) is 0. The van der Waals surface area contributed by atoms with E-state index in [1.165, 1.54) is 19.3 Å². The molecule has 1 fully saturated rings. The third kappa shape index (κ3) is 5.01. The van der Waals surface area contributed by atoms with Gasteiger partial charge in [0.2, 0.25) is 0 Å². The Morgan fingerprint density at radius 2 is 2.19 bits per heavy atom. The second-order valence-electron chi connectivity index (χ2n) is 5.34. The maximum absolute atomic E-state index is 12.1. The number of nitrogens with one attached hydrogen (secondary N) is 2. The van der Waals surface area contributed by atoms with Crippen molar-refractivity contribution in [2.45, 2.75) is 45.1 Å². The van der Waals surface area contributed by atoms with Gasteiger partial charge >= 0.3 is 0 Å². The van der Waals surface area contributed by atoms with Crippen LogP contribution in [0, 0.1) is 0 Å². The Morgan fingerprint density at radius 3 is 2.95 bits per heavy atom. The van der Waals surface area contributed by atoms with Gasteiger partial charge in [0.15, 0.2) is 0 Å². The molecule has 0 aliphatic heterocycles. The molecule has 0 spiro atoms. The molecule has 1 aromatic heterocycles. The van der Waals surface area contributed by atoms with Gasteiger partial charge in [-0.3, -0.25) is 9.78 Å². The Hall–Kier alpha value is -1.62. The number of nitrogens with zero attached hydrogens (tertiary/aromatic N) is 1. The molecule has 0 unspecified atom stereocenters. The number of hydrogen-bond donors (Lipinski definition) is 2. The van der Waals surface area contributed by atoms with Crippen molar-refractivity contribution in [2.75, 3.05) is 25.0 Å². The first kappa shape index (κ1) is 15.8. The Balaban J connectivity index is 1.74. The van der Waals surface area contributed by atoms with Crippen LogP contribution < -0.4 is 10.6 Å². The molecule has 1 aliphatic carbocycles. The molecule has 1 aromatic rings. The van der Waals surface area contributed by atoms with E-state index in [9.17, 15) is 4.79 Å². The summed E-state index contributed by atoms with van der Waals surface area (Å²) in [5.74, 6) is -0.105. The van der Waals surface area contributed by atoms with E-state index in [1.54, 1.807) is 12.4 Å². The van der Waals surface area contributed by atoms with Crippen LogP contribution in [0.15, 0.2) is 18.5 Å². The smallest absolute Gasteiger partial charge is 0.255 e. The summed E-state index contributed by atoms with van der Waals surface area (Å²) in [6.07, 6.45) is 9.81. The van der Waals surface area contributed by atoms with E-state index in [-0.39, 0.29) is 5.91 Å². The topological polar surface area (TPSA) is 63.2 Å². The molecular formula is C16H25N3O2. The van der Waals surface area contributed by atoms with Crippen molar-refractivity contribution in [1.82, 2.24) is 10.3 Å². The van der Waals surface area contributed by atoms with E-state index in [4.69, 9.17) is 4.74 Å². The van der Waals surface area contributed by atoms with E-state index < -0.39 is 0 Å². The van der Waals surface area contributed by atoms with Gasteiger partial charge in [-0.05, 0) is 25.8 Å². The lowest BCUT2D eigenvalue weighted by Gasteiger charge is -2.22. The first-order valence-electron chi connectivity index (χ1n) is 7.89. The van der Waals surface area contributed by atoms with Crippen LogP contribution in [0.25, 0.3) is 0 Å². The Morgan fingerprint density at radius 1 is 1.38 bits per heavy atom. The number of rotatable bonds is 7. The number of aromatic nitrogens is 1. The molecule has 5 heteroatoms. The number of carbonyl (C=O) groups is 1. The zero-order valence-corrected chi connectivity index (χ0v) is 12.7. The third-order valence-electron chi connectivity index (χ3n) is 3.73. The molecule has 2 rings (SSSR count). The van der Waals surface area contributed by atoms with Crippen molar-refractivity contribution < 1.29 is 9.53 Å². The van der Waals surface area contributed by atoms with Crippen LogP contribution in [-0.4, -0.2) is 36.7 Å². The zero-order valence-electron chi connectivity index (χ0n) is 12.7. The molecular weight excluding hydrogens is 266 g/mol. The highest BCUT2D eigenvalue weighted by atomic mass is 16.5. The van der Waals surface area contributed by atoms with Gasteiger partial charge in [-0.25, -0.2) is 0 Å². The van der Waals surface area contributed by atoms with Crippen LogP contribution in [-0.2, 0) is 4.74 Å². The van der Waals surface area contributed by atoms with Crippen molar-refractivity contribution in [1.29, 1.82) is 0 Å². The highest BCUT2D eigenvalue weighted by Crippen LogP contribution is 2.19. The Labute approximate surface area is 126 Å². The average Bonchev–Trinajstić information content (AvgIpc) is 2.53. The fourth-order valence-electron chi connectivity index (χ4n) is 2.64. The highest BCUT2D eigenvalue weighted by Gasteiger charge is 2.14. The number of carbonyl (C=O) groups excluding carboxylic acids is 1. The molecule has 0 aromatic carbocycles. The predicted molar refractivity (Wildman–Crippen MR) is 83.6 cm³/mol. The summed E-state index contributed by atoms with van der Waals surface area (Å²) in [5, 5.41) is 6.06. The fraction of sp³-hybridized carbons (Fsp3) is 0.625. The van der Waals surface area contributed by atoms with Crippen molar-refractivity contribution in [3.63, 3.8) is 0 Å². The molecule has 1 heterocycles. The minimum atomic E-state index is -0.105. The van der Waals surface area contributed by atoms with E-state index in [0.717, 1.165) is 25.1 Å². The molecule has 21 heavy (non-hydrogen) atoms. The minimum absolute atomic E-state index is 0.105. The second kappa shape index (κ2) is 8.62. The summed E-state index contributed by atoms with van der Waals surface area (Å²) < 4.78 is 5.80. The van der Waals surface area contributed by atoms with Crippen molar-refractivity contribution in [3.8, 4) is 0 Å². The zero-order chi connectivity index (χ0) is 14.9. The van der Waals surface area contributed by atoms with Crippen LogP contribution >= 0.6 is 0 Å². The normalized spacial score (nSPS) is 15.7. The lowest BCUT2D eigenvalue weighted by molar-refractivity contribution is 0.0299. The number of anilines is 1. The molecule has 1 aliphatic rings. The van der Waals surface area contributed by atoms with Crippen LogP contribution in [0.5, 0.6) is 0 Å². The number of amides is 1. The largest absolute Gasteiger partial charge is 0.385 e. The van der Waals surface area contributed by atoms with Crippen molar-refractivity contribution >= 4 is 11.6 Å². The molecule has 5 nitrogen and oxygen atoms in total. The van der Waals surface area contributed by atoms with Gasteiger partial charge in [0.1, 0.15) is 0 Å². The molecule has 0 bridgehead atoms.